The van der Waals surface area contributed by atoms with Crippen molar-refractivity contribution in [2.45, 2.75) is 12.8 Å². The van der Waals surface area contributed by atoms with E-state index in [1.807, 2.05) is 58.8 Å². The number of carbonyl (C=O) groups is 2. The third-order valence-corrected chi connectivity index (χ3v) is 5.88. The number of rotatable bonds is 5. The highest BCUT2D eigenvalue weighted by Gasteiger charge is 2.25. The number of hydrogen-bond donors (Lipinski definition) is 1. The Morgan fingerprint density at radius 1 is 1.18 bits per heavy atom. The quantitative estimate of drug-likeness (QED) is 0.661. The predicted molar refractivity (Wildman–Crippen MR) is 111 cm³/mol. The Bertz CT molecular complexity index is 949. The number of amides is 2. The maximum absolute atomic E-state index is 12.7. The number of para-hydroxylation sites is 1. The van der Waals surface area contributed by atoms with E-state index in [0.29, 0.717) is 31.3 Å². The van der Waals surface area contributed by atoms with Crippen molar-refractivity contribution >= 4 is 40.2 Å². The van der Waals surface area contributed by atoms with Gasteiger partial charge in [0.05, 0.1) is 0 Å². The molecule has 1 fully saturated rings. The van der Waals surface area contributed by atoms with Crippen molar-refractivity contribution in [1.82, 2.24) is 10.2 Å². The predicted octanol–water partition coefficient (Wildman–Crippen LogP) is 4.18. The highest BCUT2D eigenvalue weighted by molar-refractivity contribution is 7.10. The van der Waals surface area contributed by atoms with Crippen LogP contribution in [-0.4, -0.2) is 36.3 Å². The van der Waals surface area contributed by atoms with Crippen LogP contribution < -0.4 is 5.32 Å². The molecular formula is C22H22N2O3S. The number of benzene rings is 1. The normalized spacial score (nSPS) is 15.4. The Hall–Kier alpha value is -2.86. The molecule has 3 aromatic rings. The number of thiophene rings is 1. The van der Waals surface area contributed by atoms with Gasteiger partial charge in [0.15, 0.2) is 5.76 Å². The summed E-state index contributed by atoms with van der Waals surface area (Å²) in [5.41, 5.74) is 0.735. The van der Waals surface area contributed by atoms with Gasteiger partial charge in [0.25, 0.3) is 5.91 Å². The van der Waals surface area contributed by atoms with Crippen molar-refractivity contribution in [3.63, 3.8) is 0 Å². The molecule has 0 bridgehead atoms. The van der Waals surface area contributed by atoms with Crippen LogP contribution in [0.2, 0.25) is 0 Å². The molecule has 3 heterocycles. The molecular weight excluding hydrogens is 372 g/mol. The van der Waals surface area contributed by atoms with Crippen molar-refractivity contribution in [2.75, 3.05) is 19.6 Å². The number of hydrogen-bond acceptors (Lipinski definition) is 4. The third kappa shape index (κ3) is 4.34. The van der Waals surface area contributed by atoms with Crippen LogP contribution >= 0.6 is 11.3 Å². The van der Waals surface area contributed by atoms with E-state index < -0.39 is 0 Å². The molecule has 0 radical (unpaired) electrons. The minimum absolute atomic E-state index is 0.0578. The van der Waals surface area contributed by atoms with Gasteiger partial charge in [-0.3, -0.25) is 9.59 Å². The lowest BCUT2D eigenvalue weighted by atomic mass is 9.96. The summed E-state index contributed by atoms with van der Waals surface area (Å²) in [4.78, 5) is 27.6. The fraction of sp³-hybridized carbons (Fsp3) is 0.273. The van der Waals surface area contributed by atoms with Crippen LogP contribution in [0.4, 0.5) is 0 Å². The average Bonchev–Trinajstić information content (AvgIpc) is 3.40. The van der Waals surface area contributed by atoms with Gasteiger partial charge in [0.1, 0.15) is 5.58 Å². The van der Waals surface area contributed by atoms with E-state index in [-0.39, 0.29) is 11.8 Å². The molecule has 5 nitrogen and oxygen atoms in total. The second-order valence-electron chi connectivity index (χ2n) is 6.98. The first-order valence-corrected chi connectivity index (χ1v) is 10.3. The van der Waals surface area contributed by atoms with Crippen molar-refractivity contribution in [3.8, 4) is 0 Å². The smallest absolute Gasteiger partial charge is 0.289 e. The van der Waals surface area contributed by atoms with Crippen LogP contribution in [0, 0.1) is 5.92 Å². The second kappa shape index (κ2) is 8.44. The summed E-state index contributed by atoms with van der Waals surface area (Å²) in [6.45, 7) is 2.00. The minimum atomic E-state index is -0.0748. The van der Waals surface area contributed by atoms with Gasteiger partial charge in [-0.2, -0.15) is 0 Å². The molecule has 28 heavy (non-hydrogen) atoms. The molecule has 1 aliphatic rings. The van der Waals surface area contributed by atoms with Crippen molar-refractivity contribution in [1.29, 1.82) is 0 Å². The topological polar surface area (TPSA) is 62.6 Å². The maximum atomic E-state index is 12.7. The number of furan rings is 1. The number of fused-ring (bicyclic) bond motifs is 1. The molecule has 0 unspecified atom stereocenters. The standard InChI is InChI=1S/C22H22N2O3S/c25-21(8-7-18-5-3-13-28-18)23-15-16-9-11-24(12-10-16)22(26)20-14-17-4-1-2-6-19(17)27-20/h1-8,13-14,16H,9-12,15H2,(H,23,25). The van der Waals surface area contributed by atoms with Crippen molar-refractivity contribution in [2.24, 2.45) is 5.92 Å². The Morgan fingerprint density at radius 3 is 2.75 bits per heavy atom. The third-order valence-electron chi connectivity index (χ3n) is 5.05. The lowest BCUT2D eigenvalue weighted by Crippen LogP contribution is -2.41. The Morgan fingerprint density at radius 2 is 2.00 bits per heavy atom. The van der Waals surface area contributed by atoms with Gasteiger partial charge in [-0.25, -0.2) is 0 Å². The second-order valence-corrected chi connectivity index (χ2v) is 7.96. The number of carbonyl (C=O) groups excluding carboxylic acids is 2. The number of nitrogens with zero attached hydrogens (tertiary/aromatic N) is 1. The number of likely N-dealkylation sites (tertiary alicyclic amines) is 1. The first-order valence-electron chi connectivity index (χ1n) is 9.46. The van der Waals surface area contributed by atoms with Gasteiger partial charge < -0.3 is 14.6 Å². The highest BCUT2D eigenvalue weighted by atomic mass is 32.1. The van der Waals surface area contributed by atoms with Gasteiger partial charge in [-0.05, 0) is 48.4 Å². The molecule has 2 amide bonds. The van der Waals surface area contributed by atoms with Crippen molar-refractivity contribution in [3.05, 3.63) is 64.6 Å². The lowest BCUT2D eigenvalue weighted by Gasteiger charge is -2.31. The summed E-state index contributed by atoms with van der Waals surface area (Å²) in [6.07, 6.45) is 5.16. The van der Waals surface area contributed by atoms with Crippen LogP contribution in [0.15, 0.2) is 58.3 Å². The van der Waals surface area contributed by atoms with E-state index in [0.717, 1.165) is 28.7 Å². The van der Waals surface area contributed by atoms with E-state index in [2.05, 4.69) is 5.32 Å². The first-order chi connectivity index (χ1) is 13.7. The maximum Gasteiger partial charge on any atom is 0.289 e. The largest absolute Gasteiger partial charge is 0.451 e. The summed E-state index contributed by atoms with van der Waals surface area (Å²) in [7, 11) is 0. The minimum Gasteiger partial charge on any atom is -0.451 e. The number of piperidine rings is 1. The van der Waals surface area contributed by atoms with E-state index in [1.165, 1.54) is 0 Å². The zero-order chi connectivity index (χ0) is 19.3. The van der Waals surface area contributed by atoms with Gasteiger partial charge in [-0.1, -0.05) is 24.3 Å². The monoisotopic (exact) mass is 394 g/mol. The Labute approximate surface area is 167 Å². The van der Waals surface area contributed by atoms with Crippen LogP contribution in [0.1, 0.15) is 28.3 Å². The highest BCUT2D eigenvalue weighted by Crippen LogP contribution is 2.23. The van der Waals surface area contributed by atoms with Crippen LogP contribution in [0.5, 0.6) is 0 Å². The van der Waals surface area contributed by atoms with Crippen LogP contribution in [0.25, 0.3) is 17.0 Å². The summed E-state index contributed by atoms with van der Waals surface area (Å²) in [6, 6.07) is 13.4. The molecule has 0 spiro atoms. The summed E-state index contributed by atoms with van der Waals surface area (Å²) in [5, 5.41) is 5.89. The SMILES string of the molecule is O=C(C=Cc1cccs1)NCC1CCN(C(=O)c2cc3ccccc3o2)CC1. The first kappa shape index (κ1) is 18.5. The zero-order valence-corrected chi connectivity index (χ0v) is 16.3. The van der Waals surface area contributed by atoms with Crippen molar-refractivity contribution < 1.29 is 14.0 Å². The van der Waals surface area contributed by atoms with E-state index >= 15 is 0 Å². The molecule has 4 rings (SSSR count). The van der Waals surface area contributed by atoms with Gasteiger partial charge >= 0.3 is 0 Å². The van der Waals surface area contributed by atoms with Crippen LogP contribution in [-0.2, 0) is 4.79 Å². The van der Waals surface area contributed by atoms with Crippen LogP contribution in [0.3, 0.4) is 0 Å². The molecule has 1 saturated heterocycles. The zero-order valence-electron chi connectivity index (χ0n) is 15.5. The molecule has 0 aliphatic carbocycles. The van der Waals surface area contributed by atoms with Gasteiger partial charge in [0, 0.05) is 36.0 Å². The van der Waals surface area contributed by atoms with Gasteiger partial charge in [0.2, 0.25) is 5.91 Å². The molecule has 1 aliphatic heterocycles. The molecule has 6 heteroatoms. The summed E-state index contributed by atoms with van der Waals surface area (Å²) < 4.78 is 5.69. The Kier molecular flexibility index (Phi) is 5.58. The molecule has 2 aromatic heterocycles. The lowest BCUT2D eigenvalue weighted by molar-refractivity contribution is -0.116. The van der Waals surface area contributed by atoms with E-state index in [9.17, 15) is 9.59 Å². The molecule has 0 atom stereocenters. The van der Waals surface area contributed by atoms with Gasteiger partial charge in [-0.15, -0.1) is 11.3 Å². The Balaban J connectivity index is 1.25. The summed E-state index contributed by atoms with van der Waals surface area (Å²) >= 11 is 1.60. The molecule has 144 valence electrons. The fourth-order valence-corrected chi connectivity index (χ4v) is 4.05. The molecule has 0 saturated carbocycles. The number of nitrogens with one attached hydrogen (secondary N) is 1. The molecule has 1 aromatic carbocycles. The fourth-order valence-electron chi connectivity index (χ4n) is 3.43. The average molecular weight is 394 g/mol. The van der Waals surface area contributed by atoms with E-state index in [4.69, 9.17) is 4.42 Å². The van der Waals surface area contributed by atoms with E-state index in [1.54, 1.807) is 17.4 Å². The molecule has 1 N–H and O–H groups in total. The summed E-state index contributed by atoms with van der Waals surface area (Å²) in [5.74, 6) is 0.650.